The molecule has 0 aliphatic carbocycles. The first-order valence-corrected chi connectivity index (χ1v) is 6.54. The fourth-order valence-corrected chi connectivity index (χ4v) is 1.52. The van der Waals surface area contributed by atoms with Crippen LogP contribution < -0.4 is 10.1 Å². The molecule has 4 heteroatoms. The molecule has 0 aliphatic heterocycles. The summed E-state index contributed by atoms with van der Waals surface area (Å²) in [6.07, 6.45) is 2.82. The molecule has 1 N–H and O–H groups in total. The van der Waals surface area contributed by atoms with Gasteiger partial charge in [-0.2, -0.15) is 0 Å². The number of aromatic nitrogens is 1. The number of ether oxygens (including phenoxy) is 1. The third-order valence-corrected chi connectivity index (χ3v) is 2.51. The molecule has 0 saturated carbocycles. The molecule has 18 heavy (non-hydrogen) atoms. The van der Waals surface area contributed by atoms with Crippen LogP contribution in [0.5, 0.6) is 5.88 Å². The summed E-state index contributed by atoms with van der Waals surface area (Å²) in [5, 5.41) is 3.38. The Morgan fingerprint density at radius 3 is 2.83 bits per heavy atom. The predicted octanol–water partition coefficient (Wildman–Crippen LogP) is 1.91. The standard InChI is InChI=1S/C14H25N3O/c1-12(2)16-11-13-6-7-15-14(10-13)18-9-5-8-17(3)4/h6-7,10,12,16H,5,8-9,11H2,1-4H3. The summed E-state index contributed by atoms with van der Waals surface area (Å²) in [4.78, 5) is 6.37. The second-order valence-corrected chi connectivity index (χ2v) is 5.04. The van der Waals surface area contributed by atoms with Gasteiger partial charge in [-0.25, -0.2) is 4.98 Å². The molecule has 0 radical (unpaired) electrons. The molecule has 0 amide bonds. The molecule has 0 bridgehead atoms. The van der Waals surface area contributed by atoms with Crippen molar-refractivity contribution in [1.82, 2.24) is 15.2 Å². The van der Waals surface area contributed by atoms with Crippen LogP contribution in [0.3, 0.4) is 0 Å². The third kappa shape index (κ3) is 6.57. The van der Waals surface area contributed by atoms with Crippen LogP contribution in [0.25, 0.3) is 0 Å². The van der Waals surface area contributed by atoms with Gasteiger partial charge in [0, 0.05) is 31.4 Å². The summed E-state index contributed by atoms with van der Waals surface area (Å²) in [6, 6.07) is 4.51. The molecular weight excluding hydrogens is 226 g/mol. The lowest BCUT2D eigenvalue weighted by atomic mass is 10.2. The molecule has 0 unspecified atom stereocenters. The van der Waals surface area contributed by atoms with Gasteiger partial charge < -0.3 is 15.0 Å². The van der Waals surface area contributed by atoms with E-state index in [1.165, 1.54) is 5.56 Å². The second kappa shape index (κ2) is 8.06. The SMILES string of the molecule is CC(C)NCc1ccnc(OCCCN(C)C)c1. The maximum atomic E-state index is 5.64. The van der Waals surface area contributed by atoms with Crippen LogP contribution in [0.4, 0.5) is 0 Å². The number of hydrogen-bond acceptors (Lipinski definition) is 4. The molecule has 0 aromatic carbocycles. The molecule has 0 atom stereocenters. The fraction of sp³-hybridized carbons (Fsp3) is 0.643. The first kappa shape index (κ1) is 14.9. The second-order valence-electron chi connectivity index (χ2n) is 5.04. The monoisotopic (exact) mass is 251 g/mol. The van der Waals surface area contributed by atoms with E-state index in [1.807, 2.05) is 12.1 Å². The first-order chi connectivity index (χ1) is 8.58. The van der Waals surface area contributed by atoms with E-state index in [1.54, 1.807) is 6.20 Å². The van der Waals surface area contributed by atoms with Crippen LogP contribution in [0.1, 0.15) is 25.8 Å². The Morgan fingerprint density at radius 2 is 2.17 bits per heavy atom. The Balaban J connectivity index is 2.34. The molecule has 0 aliphatic rings. The van der Waals surface area contributed by atoms with Gasteiger partial charge >= 0.3 is 0 Å². The van der Waals surface area contributed by atoms with Crippen LogP contribution in [0.15, 0.2) is 18.3 Å². The van der Waals surface area contributed by atoms with Gasteiger partial charge in [0.2, 0.25) is 5.88 Å². The predicted molar refractivity (Wildman–Crippen MR) is 74.9 cm³/mol. The Hall–Kier alpha value is -1.13. The Labute approximate surface area is 110 Å². The van der Waals surface area contributed by atoms with E-state index < -0.39 is 0 Å². The minimum absolute atomic E-state index is 0.489. The average Bonchev–Trinajstić information content (AvgIpc) is 2.32. The van der Waals surface area contributed by atoms with Crippen LogP contribution in [-0.4, -0.2) is 43.2 Å². The van der Waals surface area contributed by atoms with E-state index in [9.17, 15) is 0 Å². The number of rotatable bonds is 8. The highest BCUT2D eigenvalue weighted by molar-refractivity contribution is 5.20. The number of nitrogens with zero attached hydrogens (tertiary/aromatic N) is 2. The zero-order valence-electron chi connectivity index (χ0n) is 11.9. The minimum Gasteiger partial charge on any atom is -0.478 e. The number of hydrogen-bond donors (Lipinski definition) is 1. The van der Waals surface area contributed by atoms with Gasteiger partial charge in [-0.1, -0.05) is 13.8 Å². The normalized spacial score (nSPS) is 11.2. The molecule has 102 valence electrons. The molecule has 1 aromatic heterocycles. The summed E-state index contributed by atoms with van der Waals surface area (Å²) in [7, 11) is 4.13. The van der Waals surface area contributed by atoms with E-state index in [0.29, 0.717) is 12.6 Å². The molecule has 0 fully saturated rings. The van der Waals surface area contributed by atoms with Crippen molar-refractivity contribution in [3.05, 3.63) is 23.9 Å². The van der Waals surface area contributed by atoms with Gasteiger partial charge in [-0.15, -0.1) is 0 Å². The van der Waals surface area contributed by atoms with Gasteiger partial charge in [-0.05, 0) is 32.1 Å². The summed E-state index contributed by atoms with van der Waals surface area (Å²) in [5.74, 6) is 0.719. The lowest BCUT2D eigenvalue weighted by molar-refractivity contribution is 0.273. The summed E-state index contributed by atoms with van der Waals surface area (Å²) < 4.78 is 5.64. The van der Waals surface area contributed by atoms with E-state index in [-0.39, 0.29) is 0 Å². The molecule has 1 heterocycles. The smallest absolute Gasteiger partial charge is 0.213 e. The van der Waals surface area contributed by atoms with Gasteiger partial charge in [0.15, 0.2) is 0 Å². The van der Waals surface area contributed by atoms with Crippen molar-refractivity contribution in [3.8, 4) is 5.88 Å². The van der Waals surface area contributed by atoms with E-state index >= 15 is 0 Å². The topological polar surface area (TPSA) is 37.4 Å². The Kier molecular flexibility index (Phi) is 6.68. The zero-order valence-corrected chi connectivity index (χ0v) is 11.9. The fourth-order valence-electron chi connectivity index (χ4n) is 1.52. The van der Waals surface area contributed by atoms with Crippen molar-refractivity contribution in [2.45, 2.75) is 32.9 Å². The molecule has 0 saturated heterocycles. The average molecular weight is 251 g/mol. The Bertz CT molecular complexity index is 340. The first-order valence-electron chi connectivity index (χ1n) is 6.54. The largest absolute Gasteiger partial charge is 0.478 e. The van der Waals surface area contributed by atoms with Crippen LogP contribution in [-0.2, 0) is 6.54 Å². The van der Waals surface area contributed by atoms with Gasteiger partial charge in [0.05, 0.1) is 6.61 Å². The van der Waals surface area contributed by atoms with E-state index in [0.717, 1.165) is 25.4 Å². The van der Waals surface area contributed by atoms with Crippen molar-refractivity contribution < 1.29 is 4.74 Å². The molecule has 1 aromatic rings. The van der Waals surface area contributed by atoms with Crippen molar-refractivity contribution in [2.24, 2.45) is 0 Å². The van der Waals surface area contributed by atoms with Crippen LogP contribution >= 0.6 is 0 Å². The van der Waals surface area contributed by atoms with Gasteiger partial charge in [0.25, 0.3) is 0 Å². The van der Waals surface area contributed by atoms with Crippen LogP contribution in [0.2, 0.25) is 0 Å². The third-order valence-electron chi connectivity index (χ3n) is 2.51. The van der Waals surface area contributed by atoms with Crippen molar-refractivity contribution >= 4 is 0 Å². The van der Waals surface area contributed by atoms with Gasteiger partial charge in [0.1, 0.15) is 0 Å². The lowest BCUT2D eigenvalue weighted by Crippen LogP contribution is -2.21. The lowest BCUT2D eigenvalue weighted by Gasteiger charge is -2.11. The van der Waals surface area contributed by atoms with E-state index in [2.05, 4.69) is 43.1 Å². The van der Waals surface area contributed by atoms with Crippen molar-refractivity contribution in [2.75, 3.05) is 27.2 Å². The molecular formula is C14H25N3O. The molecule has 1 rings (SSSR count). The van der Waals surface area contributed by atoms with Crippen LogP contribution in [0, 0.1) is 0 Å². The molecule has 0 spiro atoms. The number of pyridine rings is 1. The summed E-state index contributed by atoms with van der Waals surface area (Å²) in [5.41, 5.74) is 1.21. The summed E-state index contributed by atoms with van der Waals surface area (Å²) >= 11 is 0. The maximum absolute atomic E-state index is 5.64. The highest BCUT2D eigenvalue weighted by Crippen LogP contribution is 2.09. The number of nitrogens with one attached hydrogen (secondary N) is 1. The maximum Gasteiger partial charge on any atom is 0.213 e. The van der Waals surface area contributed by atoms with Crippen molar-refractivity contribution in [1.29, 1.82) is 0 Å². The van der Waals surface area contributed by atoms with Crippen molar-refractivity contribution in [3.63, 3.8) is 0 Å². The minimum atomic E-state index is 0.489. The zero-order chi connectivity index (χ0) is 13.4. The van der Waals surface area contributed by atoms with Gasteiger partial charge in [-0.3, -0.25) is 0 Å². The van der Waals surface area contributed by atoms with E-state index in [4.69, 9.17) is 4.74 Å². The summed E-state index contributed by atoms with van der Waals surface area (Å²) in [6.45, 7) is 6.88. The quantitative estimate of drug-likeness (QED) is 0.716. The highest BCUT2D eigenvalue weighted by atomic mass is 16.5. The molecule has 4 nitrogen and oxygen atoms in total. The highest BCUT2D eigenvalue weighted by Gasteiger charge is 2.00. The Morgan fingerprint density at radius 1 is 1.39 bits per heavy atom.